The second-order valence-corrected chi connectivity index (χ2v) is 4.82. The zero-order valence-corrected chi connectivity index (χ0v) is 10.7. The number of hydrogen-bond donors (Lipinski definition) is 2. The second-order valence-electron chi connectivity index (χ2n) is 4.82. The summed E-state index contributed by atoms with van der Waals surface area (Å²) in [5.74, 6) is -1.28. The fraction of sp³-hybridized carbons (Fsp3) is 0.429. The smallest absolute Gasteiger partial charge is 0.323 e. The molecule has 2 rings (SSSR count). The normalized spacial score (nSPS) is 24.1. The van der Waals surface area contributed by atoms with Gasteiger partial charge >= 0.3 is 5.97 Å². The van der Waals surface area contributed by atoms with E-state index >= 15 is 0 Å². The van der Waals surface area contributed by atoms with Crippen LogP contribution in [0.3, 0.4) is 0 Å². The predicted octanol–water partition coefficient (Wildman–Crippen LogP) is 1.15. The lowest BCUT2D eigenvalue weighted by molar-refractivity contribution is -0.146. The fourth-order valence-electron chi connectivity index (χ4n) is 2.53. The Labute approximate surface area is 112 Å². The van der Waals surface area contributed by atoms with Crippen molar-refractivity contribution < 1.29 is 14.7 Å². The molecule has 1 aromatic carbocycles. The standard InChI is InChI=1S/C14H18N2O3/c15-11-7-4-8-12(10-5-2-1-3-6-10)16(14(11)19)9-13(17)18/h1-3,5-6,11-12H,4,7-9,15H2,(H,17,18)/t11-,12-/m1/s1. The molecule has 5 nitrogen and oxygen atoms in total. The quantitative estimate of drug-likeness (QED) is 0.856. The first kappa shape index (κ1) is 13.5. The van der Waals surface area contributed by atoms with Gasteiger partial charge in [0.15, 0.2) is 0 Å². The third-order valence-electron chi connectivity index (χ3n) is 3.46. The molecule has 1 fully saturated rings. The number of carboxylic acids is 1. The largest absolute Gasteiger partial charge is 0.480 e. The monoisotopic (exact) mass is 262 g/mol. The zero-order valence-electron chi connectivity index (χ0n) is 10.7. The van der Waals surface area contributed by atoms with Crippen molar-refractivity contribution in [3.8, 4) is 0 Å². The van der Waals surface area contributed by atoms with Gasteiger partial charge in [-0.3, -0.25) is 9.59 Å². The molecule has 1 heterocycles. The maximum Gasteiger partial charge on any atom is 0.323 e. The van der Waals surface area contributed by atoms with Crippen LogP contribution >= 0.6 is 0 Å². The summed E-state index contributed by atoms with van der Waals surface area (Å²) >= 11 is 0. The first-order valence-electron chi connectivity index (χ1n) is 6.42. The minimum atomic E-state index is -1.01. The number of rotatable bonds is 3. The maximum absolute atomic E-state index is 12.2. The molecule has 1 amide bonds. The number of carboxylic acid groups (broad SMARTS) is 1. The molecule has 1 aliphatic heterocycles. The molecule has 1 saturated heterocycles. The molecule has 0 bridgehead atoms. The molecule has 0 spiro atoms. The number of carbonyl (C=O) groups is 2. The molecule has 0 unspecified atom stereocenters. The van der Waals surface area contributed by atoms with Gasteiger partial charge in [0.2, 0.25) is 5.91 Å². The molecule has 3 N–H and O–H groups in total. The van der Waals surface area contributed by atoms with Gasteiger partial charge < -0.3 is 15.7 Å². The van der Waals surface area contributed by atoms with Crippen LogP contribution in [0.15, 0.2) is 30.3 Å². The SMILES string of the molecule is N[C@@H]1CCC[C@H](c2ccccc2)N(CC(=O)O)C1=O. The molecule has 0 radical (unpaired) electrons. The Morgan fingerprint density at radius 1 is 1.32 bits per heavy atom. The number of benzene rings is 1. The highest BCUT2D eigenvalue weighted by molar-refractivity contribution is 5.85. The summed E-state index contributed by atoms with van der Waals surface area (Å²) in [4.78, 5) is 24.6. The Morgan fingerprint density at radius 2 is 2.00 bits per heavy atom. The lowest BCUT2D eigenvalue weighted by Gasteiger charge is -2.30. The predicted molar refractivity (Wildman–Crippen MR) is 70.4 cm³/mol. The van der Waals surface area contributed by atoms with Crippen LogP contribution in [0.5, 0.6) is 0 Å². The van der Waals surface area contributed by atoms with E-state index < -0.39 is 12.0 Å². The Balaban J connectivity index is 2.31. The van der Waals surface area contributed by atoms with Crippen molar-refractivity contribution in [2.75, 3.05) is 6.54 Å². The van der Waals surface area contributed by atoms with E-state index in [1.807, 2.05) is 30.3 Å². The van der Waals surface area contributed by atoms with E-state index in [0.717, 1.165) is 18.4 Å². The highest BCUT2D eigenvalue weighted by Crippen LogP contribution is 2.30. The van der Waals surface area contributed by atoms with Crippen LogP contribution in [0, 0.1) is 0 Å². The third kappa shape index (κ3) is 3.12. The maximum atomic E-state index is 12.2. The molecule has 2 atom stereocenters. The molecular formula is C14H18N2O3. The number of likely N-dealkylation sites (tertiary alicyclic amines) is 1. The van der Waals surface area contributed by atoms with Crippen molar-refractivity contribution >= 4 is 11.9 Å². The summed E-state index contributed by atoms with van der Waals surface area (Å²) in [5.41, 5.74) is 6.76. The number of hydrogen-bond acceptors (Lipinski definition) is 3. The fourth-order valence-corrected chi connectivity index (χ4v) is 2.53. The number of aliphatic carboxylic acids is 1. The van der Waals surface area contributed by atoms with E-state index in [1.54, 1.807) is 0 Å². The van der Waals surface area contributed by atoms with E-state index in [4.69, 9.17) is 10.8 Å². The Bertz CT molecular complexity index is 461. The second kappa shape index (κ2) is 5.84. The van der Waals surface area contributed by atoms with Crippen molar-refractivity contribution in [3.05, 3.63) is 35.9 Å². The van der Waals surface area contributed by atoms with Crippen LogP contribution < -0.4 is 5.73 Å². The molecule has 0 saturated carbocycles. The lowest BCUT2D eigenvalue weighted by Crippen LogP contribution is -2.45. The average Bonchev–Trinajstić information content (AvgIpc) is 2.53. The lowest BCUT2D eigenvalue weighted by atomic mass is 10.0. The van der Waals surface area contributed by atoms with Gasteiger partial charge in [-0.15, -0.1) is 0 Å². The van der Waals surface area contributed by atoms with Crippen LogP contribution in [0.4, 0.5) is 0 Å². The van der Waals surface area contributed by atoms with Gasteiger partial charge in [-0.2, -0.15) is 0 Å². The average molecular weight is 262 g/mol. The van der Waals surface area contributed by atoms with Gasteiger partial charge in [0.25, 0.3) is 0 Å². The van der Waals surface area contributed by atoms with Crippen molar-refractivity contribution in [1.29, 1.82) is 0 Å². The topological polar surface area (TPSA) is 83.6 Å². The molecule has 102 valence electrons. The van der Waals surface area contributed by atoms with Gasteiger partial charge in [-0.1, -0.05) is 30.3 Å². The van der Waals surface area contributed by atoms with Crippen LogP contribution in [0.2, 0.25) is 0 Å². The summed E-state index contributed by atoms with van der Waals surface area (Å²) in [6.07, 6.45) is 2.18. The third-order valence-corrected chi connectivity index (χ3v) is 3.46. The van der Waals surface area contributed by atoms with E-state index in [1.165, 1.54) is 4.90 Å². The summed E-state index contributed by atoms with van der Waals surface area (Å²) < 4.78 is 0. The summed E-state index contributed by atoms with van der Waals surface area (Å²) in [7, 11) is 0. The van der Waals surface area contributed by atoms with Gasteiger partial charge in [0, 0.05) is 0 Å². The summed E-state index contributed by atoms with van der Waals surface area (Å²) in [6.45, 7) is -0.300. The van der Waals surface area contributed by atoms with Crippen molar-refractivity contribution in [2.45, 2.75) is 31.3 Å². The first-order chi connectivity index (χ1) is 9.09. The van der Waals surface area contributed by atoms with Gasteiger partial charge in [0.05, 0.1) is 12.1 Å². The molecule has 0 aliphatic carbocycles. The van der Waals surface area contributed by atoms with Crippen LogP contribution in [0.25, 0.3) is 0 Å². The first-order valence-corrected chi connectivity index (χ1v) is 6.42. The van der Waals surface area contributed by atoms with Crippen molar-refractivity contribution in [1.82, 2.24) is 4.90 Å². The molecule has 1 aromatic rings. The number of amides is 1. The van der Waals surface area contributed by atoms with Crippen LogP contribution in [-0.2, 0) is 9.59 Å². The molecule has 19 heavy (non-hydrogen) atoms. The Hall–Kier alpha value is -1.88. The van der Waals surface area contributed by atoms with E-state index in [-0.39, 0.29) is 18.5 Å². The van der Waals surface area contributed by atoms with E-state index in [0.29, 0.717) is 6.42 Å². The number of nitrogens with zero attached hydrogens (tertiary/aromatic N) is 1. The highest BCUT2D eigenvalue weighted by Gasteiger charge is 2.32. The number of nitrogens with two attached hydrogens (primary N) is 1. The minimum Gasteiger partial charge on any atom is -0.480 e. The van der Waals surface area contributed by atoms with E-state index in [2.05, 4.69) is 0 Å². The summed E-state index contributed by atoms with van der Waals surface area (Å²) in [5, 5.41) is 8.99. The van der Waals surface area contributed by atoms with Gasteiger partial charge in [-0.25, -0.2) is 0 Å². The summed E-state index contributed by atoms with van der Waals surface area (Å²) in [6, 6.07) is 8.74. The van der Waals surface area contributed by atoms with Gasteiger partial charge in [-0.05, 0) is 24.8 Å². The Kier molecular flexibility index (Phi) is 4.16. The zero-order chi connectivity index (χ0) is 13.8. The molecule has 0 aromatic heterocycles. The highest BCUT2D eigenvalue weighted by atomic mass is 16.4. The van der Waals surface area contributed by atoms with Gasteiger partial charge in [0.1, 0.15) is 6.54 Å². The molecule has 5 heteroatoms. The minimum absolute atomic E-state index is 0.196. The Morgan fingerprint density at radius 3 is 2.63 bits per heavy atom. The van der Waals surface area contributed by atoms with E-state index in [9.17, 15) is 9.59 Å². The molecular weight excluding hydrogens is 244 g/mol. The van der Waals surface area contributed by atoms with Crippen molar-refractivity contribution in [2.24, 2.45) is 5.73 Å². The number of carbonyl (C=O) groups excluding carboxylic acids is 1. The van der Waals surface area contributed by atoms with Crippen LogP contribution in [-0.4, -0.2) is 34.5 Å². The van der Waals surface area contributed by atoms with Crippen LogP contribution in [0.1, 0.15) is 30.9 Å². The van der Waals surface area contributed by atoms with Crippen molar-refractivity contribution in [3.63, 3.8) is 0 Å². The molecule has 1 aliphatic rings.